The Labute approximate surface area is 112 Å². The fourth-order valence-corrected chi connectivity index (χ4v) is 2.94. The average Bonchev–Trinajstić information content (AvgIpc) is 2.40. The molecule has 2 unspecified atom stereocenters. The van der Waals surface area contributed by atoms with Gasteiger partial charge in [0.05, 0.1) is 0 Å². The van der Waals surface area contributed by atoms with E-state index in [-0.39, 0.29) is 5.41 Å². The van der Waals surface area contributed by atoms with Crippen LogP contribution in [-0.4, -0.2) is 29.9 Å². The quantitative estimate of drug-likeness (QED) is 0.820. The Balaban J connectivity index is 2.84. The summed E-state index contributed by atoms with van der Waals surface area (Å²) in [5, 5.41) is 0. The van der Waals surface area contributed by atoms with Gasteiger partial charge in [-0.2, -0.15) is 0 Å². The van der Waals surface area contributed by atoms with Gasteiger partial charge in [-0.3, -0.25) is 4.79 Å². The molecule has 0 spiro atoms. The molecule has 1 amide bonds. The van der Waals surface area contributed by atoms with E-state index in [0.29, 0.717) is 24.4 Å². The number of rotatable bonds is 5. The van der Waals surface area contributed by atoms with Crippen molar-refractivity contribution >= 4 is 5.91 Å². The van der Waals surface area contributed by atoms with Gasteiger partial charge in [0.25, 0.3) is 0 Å². The van der Waals surface area contributed by atoms with Crippen LogP contribution < -0.4 is 5.73 Å². The average molecular weight is 254 g/mol. The van der Waals surface area contributed by atoms with Crippen molar-refractivity contribution in [3.05, 3.63) is 0 Å². The molecular weight excluding hydrogens is 224 g/mol. The predicted octanol–water partition coefficient (Wildman–Crippen LogP) is 2.79. The maximum atomic E-state index is 12.7. The number of carbonyl (C=O) groups is 1. The topological polar surface area (TPSA) is 46.3 Å². The molecule has 0 aromatic carbocycles. The third-order valence-corrected chi connectivity index (χ3v) is 4.64. The summed E-state index contributed by atoms with van der Waals surface area (Å²) in [6.07, 6.45) is 5.69. The van der Waals surface area contributed by atoms with Crippen LogP contribution in [0.25, 0.3) is 0 Å². The van der Waals surface area contributed by atoms with Crippen molar-refractivity contribution < 1.29 is 4.79 Å². The Morgan fingerprint density at radius 3 is 2.39 bits per heavy atom. The first-order chi connectivity index (χ1) is 8.47. The molecule has 2 atom stereocenters. The van der Waals surface area contributed by atoms with E-state index in [9.17, 15) is 4.79 Å². The van der Waals surface area contributed by atoms with Gasteiger partial charge in [0, 0.05) is 18.0 Å². The molecule has 1 aliphatic carbocycles. The highest BCUT2D eigenvalue weighted by molar-refractivity contribution is 5.82. The zero-order valence-corrected chi connectivity index (χ0v) is 12.5. The number of nitrogens with two attached hydrogens (primary N) is 1. The lowest BCUT2D eigenvalue weighted by Crippen LogP contribution is -2.51. The lowest BCUT2D eigenvalue weighted by Gasteiger charge is -2.42. The number of hydrogen-bond acceptors (Lipinski definition) is 2. The Morgan fingerprint density at radius 1 is 1.28 bits per heavy atom. The zero-order chi connectivity index (χ0) is 13.8. The van der Waals surface area contributed by atoms with Crippen LogP contribution >= 0.6 is 0 Å². The van der Waals surface area contributed by atoms with Gasteiger partial charge in [-0.05, 0) is 38.6 Å². The van der Waals surface area contributed by atoms with Gasteiger partial charge in [0.15, 0.2) is 0 Å². The molecule has 0 aromatic heterocycles. The van der Waals surface area contributed by atoms with E-state index in [1.54, 1.807) is 0 Å². The number of carbonyl (C=O) groups excluding carboxylic acids is 1. The van der Waals surface area contributed by atoms with E-state index >= 15 is 0 Å². The van der Waals surface area contributed by atoms with Gasteiger partial charge >= 0.3 is 0 Å². The van der Waals surface area contributed by atoms with E-state index in [0.717, 1.165) is 19.4 Å². The maximum Gasteiger partial charge on any atom is 0.228 e. The normalized spacial score (nSPS) is 24.9. The van der Waals surface area contributed by atoms with Crippen molar-refractivity contribution in [1.29, 1.82) is 0 Å². The molecule has 1 saturated carbocycles. The van der Waals surface area contributed by atoms with Crippen molar-refractivity contribution in [3.8, 4) is 0 Å². The van der Waals surface area contributed by atoms with Gasteiger partial charge in [-0.1, -0.05) is 33.6 Å². The highest BCUT2D eigenvalue weighted by Gasteiger charge is 2.36. The summed E-state index contributed by atoms with van der Waals surface area (Å²) in [4.78, 5) is 14.8. The van der Waals surface area contributed by atoms with E-state index < -0.39 is 0 Å². The summed E-state index contributed by atoms with van der Waals surface area (Å²) in [5.41, 5.74) is 5.65. The second-order valence-electron chi connectivity index (χ2n) is 6.18. The van der Waals surface area contributed by atoms with Gasteiger partial charge in [-0.15, -0.1) is 0 Å². The third kappa shape index (κ3) is 3.25. The summed E-state index contributed by atoms with van der Waals surface area (Å²) in [6.45, 7) is 9.81. The molecule has 1 rings (SSSR count). The van der Waals surface area contributed by atoms with E-state index in [1.165, 1.54) is 19.3 Å². The number of amides is 1. The maximum absolute atomic E-state index is 12.7. The predicted molar refractivity (Wildman–Crippen MR) is 76.3 cm³/mol. The molecular formula is C15H30N2O. The van der Waals surface area contributed by atoms with E-state index in [2.05, 4.69) is 32.6 Å². The Hall–Kier alpha value is -0.570. The highest BCUT2D eigenvalue weighted by Crippen LogP contribution is 2.32. The first-order valence-electron chi connectivity index (χ1n) is 7.49. The Morgan fingerprint density at radius 2 is 1.89 bits per heavy atom. The van der Waals surface area contributed by atoms with Crippen molar-refractivity contribution in [1.82, 2.24) is 4.90 Å². The van der Waals surface area contributed by atoms with Crippen LogP contribution in [0.2, 0.25) is 0 Å². The lowest BCUT2D eigenvalue weighted by atomic mass is 9.81. The molecule has 1 aliphatic rings. The molecule has 0 aromatic rings. The van der Waals surface area contributed by atoms with Crippen LogP contribution in [0.15, 0.2) is 0 Å². The van der Waals surface area contributed by atoms with Crippen LogP contribution in [0.5, 0.6) is 0 Å². The smallest absolute Gasteiger partial charge is 0.228 e. The molecule has 3 heteroatoms. The standard InChI is InChI=1S/C15H30N2O/c1-5-15(3,4)14(18)17(6-2)13-10-8-7-9-12(13)11-16/h12-13H,5-11,16H2,1-4H3. The fourth-order valence-electron chi connectivity index (χ4n) is 2.94. The molecule has 0 saturated heterocycles. The van der Waals surface area contributed by atoms with Gasteiger partial charge < -0.3 is 10.6 Å². The summed E-state index contributed by atoms with van der Waals surface area (Å²) in [6, 6.07) is 0.368. The van der Waals surface area contributed by atoms with Crippen LogP contribution in [0.3, 0.4) is 0 Å². The molecule has 2 N–H and O–H groups in total. The molecule has 0 heterocycles. The van der Waals surface area contributed by atoms with Gasteiger partial charge in [0.1, 0.15) is 0 Å². The van der Waals surface area contributed by atoms with E-state index in [1.807, 2.05) is 0 Å². The highest BCUT2D eigenvalue weighted by atomic mass is 16.2. The minimum atomic E-state index is -0.243. The second-order valence-corrected chi connectivity index (χ2v) is 6.18. The number of nitrogens with zero attached hydrogens (tertiary/aromatic N) is 1. The molecule has 3 nitrogen and oxygen atoms in total. The van der Waals surface area contributed by atoms with Gasteiger partial charge in [-0.25, -0.2) is 0 Å². The molecule has 0 aliphatic heterocycles. The molecule has 106 valence electrons. The summed E-state index contributed by atoms with van der Waals surface area (Å²) in [5.74, 6) is 0.799. The van der Waals surface area contributed by atoms with E-state index in [4.69, 9.17) is 5.73 Å². The zero-order valence-electron chi connectivity index (χ0n) is 12.5. The SMILES string of the molecule is CCN(C(=O)C(C)(C)CC)C1CCCCC1CN. The molecule has 1 fully saturated rings. The van der Waals surface area contributed by atoms with Crippen molar-refractivity contribution in [2.24, 2.45) is 17.1 Å². The second kappa shape index (κ2) is 6.55. The lowest BCUT2D eigenvalue weighted by molar-refractivity contribution is -0.144. The third-order valence-electron chi connectivity index (χ3n) is 4.64. The Kier molecular flexibility index (Phi) is 5.64. The molecule has 0 bridgehead atoms. The first-order valence-corrected chi connectivity index (χ1v) is 7.49. The largest absolute Gasteiger partial charge is 0.339 e. The van der Waals surface area contributed by atoms with Crippen LogP contribution in [-0.2, 0) is 4.79 Å². The molecule has 0 radical (unpaired) electrons. The minimum Gasteiger partial charge on any atom is -0.339 e. The van der Waals surface area contributed by atoms with Gasteiger partial charge in [0.2, 0.25) is 5.91 Å². The number of hydrogen-bond donors (Lipinski definition) is 1. The van der Waals surface area contributed by atoms with Crippen molar-refractivity contribution in [2.45, 2.75) is 65.8 Å². The first kappa shape index (κ1) is 15.5. The summed E-state index contributed by atoms with van der Waals surface area (Å²) < 4.78 is 0. The van der Waals surface area contributed by atoms with Crippen LogP contribution in [0.1, 0.15) is 59.8 Å². The summed E-state index contributed by atoms with van der Waals surface area (Å²) >= 11 is 0. The minimum absolute atomic E-state index is 0.243. The van der Waals surface area contributed by atoms with Crippen LogP contribution in [0, 0.1) is 11.3 Å². The van der Waals surface area contributed by atoms with Crippen molar-refractivity contribution in [3.63, 3.8) is 0 Å². The fraction of sp³-hybridized carbons (Fsp3) is 0.933. The molecule has 18 heavy (non-hydrogen) atoms. The van der Waals surface area contributed by atoms with Crippen LogP contribution in [0.4, 0.5) is 0 Å². The summed E-state index contributed by atoms with van der Waals surface area (Å²) in [7, 11) is 0. The Bertz CT molecular complexity index is 276. The monoisotopic (exact) mass is 254 g/mol. The van der Waals surface area contributed by atoms with Crippen molar-refractivity contribution in [2.75, 3.05) is 13.1 Å².